The summed E-state index contributed by atoms with van der Waals surface area (Å²) in [6.45, 7) is 9.35. The van der Waals surface area contributed by atoms with Gasteiger partial charge in [-0.1, -0.05) is 0 Å². The molecule has 0 aromatic heterocycles. The van der Waals surface area contributed by atoms with Crippen LogP contribution >= 0.6 is 0 Å². The molecule has 2 aliphatic heterocycles. The van der Waals surface area contributed by atoms with Crippen LogP contribution in [0.4, 0.5) is 16.2 Å². The second-order valence-electron chi connectivity index (χ2n) is 9.03. The number of hydrogen-bond acceptors (Lipinski definition) is 4. The topological polar surface area (TPSA) is 82.1 Å². The van der Waals surface area contributed by atoms with Crippen LogP contribution < -0.4 is 9.62 Å². The number of carbonyl (C=O) groups is 1. The lowest BCUT2D eigenvalue weighted by Crippen LogP contribution is -2.44. The molecule has 29 heavy (non-hydrogen) atoms. The van der Waals surface area contributed by atoms with Crippen LogP contribution in [-0.4, -0.2) is 51.5 Å². The predicted octanol–water partition coefficient (Wildman–Crippen LogP) is 4.10. The van der Waals surface area contributed by atoms with Crippen LogP contribution in [0, 0.1) is 11.8 Å². The van der Waals surface area contributed by atoms with Crippen molar-refractivity contribution in [1.29, 1.82) is 0 Å². The fourth-order valence-electron chi connectivity index (χ4n) is 4.35. The van der Waals surface area contributed by atoms with E-state index in [1.165, 1.54) is 0 Å². The van der Waals surface area contributed by atoms with Gasteiger partial charge in [-0.2, -0.15) is 0 Å². The summed E-state index contributed by atoms with van der Waals surface area (Å²) >= 11 is -2.04. The minimum absolute atomic E-state index is 0.186. The predicted molar refractivity (Wildman–Crippen MR) is 116 cm³/mol. The van der Waals surface area contributed by atoms with Crippen molar-refractivity contribution in [2.75, 3.05) is 35.8 Å². The van der Waals surface area contributed by atoms with Crippen molar-refractivity contribution in [3.63, 3.8) is 0 Å². The first-order chi connectivity index (χ1) is 13.7. The van der Waals surface area contributed by atoms with Crippen molar-refractivity contribution in [3.8, 4) is 0 Å². The Bertz CT molecular complexity index is 704. The monoisotopic (exact) mass is 423 g/mol. The first-order valence-corrected chi connectivity index (χ1v) is 11.5. The van der Waals surface area contributed by atoms with Crippen LogP contribution in [0.5, 0.6) is 0 Å². The van der Waals surface area contributed by atoms with Gasteiger partial charge in [-0.3, -0.25) is 9.27 Å². The van der Waals surface area contributed by atoms with E-state index in [2.05, 4.69) is 9.62 Å². The molecule has 2 aliphatic rings. The smallest absolute Gasteiger partial charge is 0.410 e. The van der Waals surface area contributed by atoms with Gasteiger partial charge in [0.05, 0.1) is 0 Å². The number of piperidine rings is 2. The average Bonchev–Trinajstić information content (AvgIpc) is 2.67. The lowest BCUT2D eigenvalue weighted by molar-refractivity contribution is 0.0152. The van der Waals surface area contributed by atoms with Crippen molar-refractivity contribution >= 4 is 28.7 Å². The number of carbonyl (C=O) groups excluding carboxylic acids is 1. The number of amides is 1. The highest BCUT2D eigenvalue weighted by molar-refractivity contribution is 7.80. The number of benzene rings is 1. The lowest BCUT2D eigenvalue weighted by Gasteiger charge is -2.41. The molecule has 1 atom stereocenters. The standard InChI is InChI=1S/C21H33N3O4S/c1-21(2,3)28-20(25)24-14-10-17(11-15-24)16-8-12-23(13-9-16)19-6-4-18(5-7-19)22-29(26)27/h4-7,16-17,22H,8-15H2,1-3H3,(H,26,27). The Kier molecular flexibility index (Phi) is 7.05. The molecule has 0 saturated carbocycles. The van der Waals surface area contributed by atoms with Gasteiger partial charge in [0.1, 0.15) is 5.60 Å². The minimum Gasteiger partial charge on any atom is -0.444 e. The zero-order valence-corrected chi connectivity index (χ0v) is 18.4. The maximum absolute atomic E-state index is 12.2. The zero-order valence-electron chi connectivity index (χ0n) is 17.6. The van der Waals surface area contributed by atoms with E-state index >= 15 is 0 Å². The Morgan fingerprint density at radius 3 is 2.03 bits per heavy atom. The van der Waals surface area contributed by atoms with Crippen molar-refractivity contribution in [1.82, 2.24) is 4.90 Å². The highest BCUT2D eigenvalue weighted by Crippen LogP contribution is 2.34. The Hall–Kier alpha value is -1.80. The van der Waals surface area contributed by atoms with Gasteiger partial charge in [0.15, 0.2) is 0 Å². The Morgan fingerprint density at radius 1 is 1.03 bits per heavy atom. The molecule has 0 spiro atoms. The number of ether oxygens (including phenoxy) is 1. The third-order valence-electron chi connectivity index (χ3n) is 5.84. The van der Waals surface area contributed by atoms with E-state index in [4.69, 9.17) is 9.29 Å². The molecular formula is C21H33N3O4S. The van der Waals surface area contributed by atoms with Gasteiger partial charge >= 0.3 is 6.09 Å². The van der Waals surface area contributed by atoms with Crippen LogP contribution in [0.2, 0.25) is 0 Å². The fourth-order valence-corrected chi connectivity index (χ4v) is 4.69. The van der Waals surface area contributed by atoms with Crippen molar-refractivity contribution in [3.05, 3.63) is 24.3 Å². The van der Waals surface area contributed by atoms with E-state index in [1.807, 2.05) is 49.9 Å². The van der Waals surface area contributed by atoms with Gasteiger partial charge in [0, 0.05) is 37.6 Å². The summed E-state index contributed by atoms with van der Waals surface area (Å²) in [4.78, 5) is 16.5. The van der Waals surface area contributed by atoms with Crippen LogP contribution in [-0.2, 0) is 16.0 Å². The molecule has 1 aromatic rings. The summed E-state index contributed by atoms with van der Waals surface area (Å²) < 4.78 is 27.7. The van der Waals surface area contributed by atoms with Gasteiger partial charge in [-0.05, 0) is 82.6 Å². The SMILES string of the molecule is CC(C)(C)OC(=O)N1CCC(C2CCN(c3ccc(NS(=O)O)cc3)CC2)CC1. The number of nitrogens with zero attached hydrogens (tertiary/aromatic N) is 2. The maximum atomic E-state index is 12.2. The summed E-state index contributed by atoms with van der Waals surface area (Å²) in [6.07, 6.45) is 4.26. The summed E-state index contributed by atoms with van der Waals surface area (Å²) in [7, 11) is 0. The Balaban J connectivity index is 1.44. The zero-order chi connectivity index (χ0) is 21.0. The molecule has 7 nitrogen and oxygen atoms in total. The third kappa shape index (κ3) is 6.34. The molecule has 1 unspecified atom stereocenters. The van der Waals surface area contributed by atoms with Crippen molar-refractivity contribution < 1.29 is 18.3 Å². The number of rotatable bonds is 4. The van der Waals surface area contributed by atoms with E-state index in [-0.39, 0.29) is 6.09 Å². The quantitative estimate of drug-likeness (QED) is 0.713. The molecule has 3 rings (SSSR count). The molecule has 2 fully saturated rings. The number of nitrogens with one attached hydrogen (secondary N) is 1. The molecule has 2 saturated heterocycles. The normalized spacial score (nSPS) is 20.4. The maximum Gasteiger partial charge on any atom is 0.410 e. The average molecular weight is 424 g/mol. The van der Waals surface area contributed by atoms with Gasteiger partial charge in [0.25, 0.3) is 11.3 Å². The summed E-state index contributed by atoms with van der Waals surface area (Å²) in [5, 5.41) is 0. The Morgan fingerprint density at radius 2 is 1.55 bits per heavy atom. The number of hydrogen-bond donors (Lipinski definition) is 2. The highest BCUT2D eigenvalue weighted by Gasteiger charge is 2.32. The van der Waals surface area contributed by atoms with Crippen LogP contribution in [0.3, 0.4) is 0 Å². The number of likely N-dealkylation sites (tertiary alicyclic amines) is 1. The van der Waals surface area contributed by atoms with E-state index in [0.717, 1.165) is 57.5 Å². The van der Waals surface area contributed by atoms with E-state index in [1.54, 1.807) is 0 Å². The minimum atomic E-state index is -2.04. The van der Waals surface area contributed by atoms with Crippen LogP contribution in [0.25, 0.3) is 0 Å². The first-order valence-electron chi connectivity index (χ1n) is 10.4. The summed E-state index contributed by atoms with van der Waals surface area (Å²) in [5.41, 5.74) is 1.35. The van der Waals surface area contributed by atoms with Gasteiger partial charge < -0.3 is 14.5 Å². The molecule has 1 aromatic carbocycles. The fraction of sp³-hybridized carbons (Fsp3) is 0.667. The molecule has 162 valence electrons. The largest absolute Gasteiger partial charge is 0.444 e. The van der Waals surface area contributed by atoms with Crippen molar-refractivity contribution in [2.24, 2.45) is 11.8 Å². The van der Waals surface area contributed by atoms with E-state index in [9.17, 15) is 9.00 Å². The van der Waals surface area contributed by atoms with Crippen molar-refractivity contribution in [2.45, 2.75) is 52.1 Å². The molecule has 0 aliphatic carbocycles. The van der Waals surface area contributed by atoms with Crippen LogP contribution in [0.1, 0.15) is 46.5 Å². The van der Waals surface area contributed by atoms with E-state index < -0.39 is 16.9 Å². The molecular weight excluding hydrogens is 390 g/mol. The molecule has 2 N–H and O–H groups in total. The second-order valence-corrected chi connectivity index (χ2v) is 9.73. The Labute approximate surface area is 176 Å². The molecule has 2 heterocycles. The van der Waals surface area contributed by atoms with Crippen LogP contribution in [0.15, 0.2) is 24.3 Å². The van der Waals surface area contributed by atoms with E-state index in [0.29, 0.717) is 17.5 Å². The van der Waals surface area contributed by atoms with Gasteiger partial charge in [0.2, 0.25) is 0 Å². The third-order valence-corrected chi connectivity index (χ3v) is 6.25. The summed E-state index contributed by atoms with van der Waals surface area (Å²) in [6, 6.07) is 7.66. The molecule has 0 bridgehead atoms. The lowest BCUT2D eigenvalue weighted by atomic mass is 9.79. The van der Waals surface area contributed by atoms with Gasteiger partial charge in [-0.25, -0.2) is 9.00 Å². The number of anilines is 2. The molecule has 0 radical (unpaired) electrons. The molecule has 1 amide bonds. The van der Waals surface area contributed by atoms with Gasteiger partial charge in [-0.15, -0.1) is 0 Å². The highest BCUT2D eigenvalue weighted by atomic mass is 32.2. The first kappa shape index (κ1) is 21.9. The second kappa shape index (κ2) is 9.34. The summed E-state index contributed by atoms with van der Waals surface area (Å²) in [5.74, 6) is 1.40. The molecule has 8 heteroatoms.